The second-order valence-corrected chi connectivity index (χ2v) is 3.92. The van der Waals surface area contributed by atoms with E-state index in [1.165, 1.54) is 0 Å². The van der Waals surface area contributed by atoms with Crippen LogP contribution in [0.2, 0.25) is 5.02 Å². The first-order valence-corrected chi connectivity index (χ1v) is 5.34. The summed E-state index contributed by atoms with van der Waals surface area (Å²) in [6, 6.07) is 14.7. The molecule has 0 bridgehead atoms. The molecule has 16 heavy (non-hydrogen) atoms. The molecule has 2 rings (SSSR count). The van der Waals surface area contributed by atoms with Crippen LogP contribution in [0.15, 0.2) is 48.5 Å². The number of hydrogen-bond donors (Lipinski definition) is 1. The highest BCUT2D eigenvalue weighted by atomic mass is 35.5. The molecule has 0 aliphatic rings. The van der Waals surface area contributed by atoms with Gasteiger partial charge in [-0.15, -0.1) is 0 Å². The van der Waals surface area contributed by atoms with E-state index in [1.54, 1.807) is 12.1 Å². The van der Waals surface area contributed by atoms with Crippen molar-refractivity contribution < 1.29 is 5.11 Å². The summed E-state index contributed by atoms with van der Waals surface area (Å²) in [6.07, 6.45) is 3.96. The molecule has 1 nitrogen and oxygen atoms in total. The molecule has 0 radical (unpaired) electrons. The highest BCUT2D eigenvalue weighted by Crippen LogP contribution is 2.15. The Balaban J connectivity index is 2.18. The first kappa shape index (κ1) is 10.8. The van der Waals surface area contributed by atoms with Gasteiger partial charge in [0.05, 0.1) is 0 Å². The Hall–Kier alpha value is -1.73. The number of benzene rings is 2. The van der Waals surface area contributed by atoms with Crippen LogP contribution < -0.4 is 0 Å². The highest BCUT2D eigenvalue weighted by molar-refractivity contribution is 6.30. The maximum atomic E-state index is 9.14. The fourth-order valence-corrected chi connectivity index (χ4v) is 1.59. The predicted octanol–water partition coefficient (Wildman–Crippen LogP) is 4.22. The third-order valence-electron chi connectivity index (χ3n) is 2.21. The average molecular weight is 231 g/mol. The molecular formula is C14H11ClO. The van der Waals surface area contributed by atoms with Gasteiger partial charge < -0.3 is 5.11 Å². The summed E-state index contributed by atoms with van der Waals surface area (Å²) in [5.41, 5.74) is 2.10. The Kier molecular flexibility index (Phi) is 3.28. The van der Waals surface area contributed by atoms with Gasteiger partial charge in [-0.25, -0.2) is 0 Å². The van der Waals surface area contributed by atoms with Crippen LogP contribution in [-0.4, -0.2) is 5.11 Å². The van der Waals surface area contributed by atoms with Crippen molar-refractivity contribution in [1.82, 2.24) is 0 Å². The molecule has 0 heterocycles. The summed E-state index contributed by atoms with van der Waals surface area (Å²) < 4.78 is 0. The minimum atomic E-state index is 0.278. The van der Waals surface area contributed by atoms with E-state index in [0.29, 0.717) is 0 Å². The fraction of sp³-hybridized carbons (Fsp3) is 0. The summed E-state index contributed by atoms with van der Waals surface area (Å²) in [5.74, 6) is 0.278. The topological polar surface area (TPSA) is 20.2 Å². The van der Waals surface area contributed by atoms with Crippen LogP contribution in [0.5, 0.6) is 5.75 Å². The van der Waals surface area contributed by atoms with E-state index in [4.69, 9.17) is 16.7 Å². The molecule has 0 aliphatic heterocycles. The Labute approximate surface area is 99.6 Å². The van der Waals surface area contributed by atoms with Crippen LogP contribution in [0, 0.1) is 0 Å². The molecule has 0 saturated carbocycles. The van der Waals surface area contributed by atoms with Gasteiger partial charge in [0.1, 0.15) is 5.75 Å². The number of phenols is 1. The lowest BCUT2D eigenvalue weighted by atomic mass is 10.1. The van der Waals surface area contributed by atoms with Crippen molar-refractivity contribution in [3.05, 3.63) is 64.7 Å². The number of hydrogen-bond acceptors (Lipinski definition) is 1. The van der Waals surface area contributed by atoms with Gasteiger partial charge in [0.15, 0.2) is 0 Å². The second kappa shape index (κ2) is 4.86. The fourth-order valence-electron chi connectivity index (χ4n) is 1.39. The lowest BCUT2D eigenvalue weighted by Gasteiger charge is -1.96. The zero-order chi connectivity index (χ0) is 11.4. The Bertz CT molecular complexity index is 500. The Morgan fingerprint density at radius 1 is 0.875 bits per heavy atom. The quantitative estimate of drug-likeness (QED) is 0.766. The number of halogens is 1. The summed E-state index contributed by atoms with van der Waals surface area (Å²) in [6.45, 7) is 0. The van der Waals surface area contributed by atoms with Gasteiger partial charge in [-0.3, -0.25) is 0 Å². The monoisotopic (exact) mass is 230 g/mol. The van der Waals surface area contributed by atoms with Crippen LogP contribution >= 0.6 is 11.6 Å². The zero-order valence-electron chi connectivity index (χ0n) is 8.60. The molecule has 2 aromatic rings. The van der Waals surface area contributed by atoms with Gasteiger partial charge in [0.2, 0.25) is 0 Å². The first-order chi connectivity index (χ1) is 7.74. The molecule has 2 aromatic carbocycles. The third-order valence-corrected chi connectivity index (χ3v) is 2.45. The van der Waals surface area contributed by atoms with Crippen molar-refractivity contribution in [2.45, 2.75) is 0 Å². The van der Waals surface area contributed by atoms with Crippen LogP contribution in [0.4, 0.5) is 0 Å². The van der Waals surface area contributed by atoms with E-state index in [2.05, 4.69) is 0 Å². The molecule has 0 unspecified atom stereocenters. The standard InChI is InChI=1S/C14H11ClO/c15-13-3-1-2-12(10-13)5-4-11-6-8-14(16)9-7-11/h1-10,16H. The normalized spacial score (nSPS) is 10.8. The lowest BCUT2D eigenvalue weighted by Crippen LogP contribution is -1.73. The third kappa shape index (κ3) is 2.88. The highest BCUT2D eigenvalue weighted by Gasteiger charge is 1.90. The van der Waals surface area contributed by atoms with Crippen molar-refractivity contribution in [3.63, 3.8) is 0 Å². The zero-order valence-corrected chi connectivity index (χ0v) is 9.35. The lowest BCUT2D eigenvalue weighted by molar-refractivity contribution is 0.475. The van der Waals surface area contributed by atoms with Gasteiger partial charge in [0, 0.05) is 5.02 Å². The molecule has 0 aromatic heterocycles. The summed E-state index contributed by atoms with van der Waals surface area (Å²) >= 11 is 5.88. The molecular weight excluding hydrogens is 220 g/mol. The van der Waals surface area contributed by atoms with Gasteiger partial charge in [-0.1, -0.05) is 48.0 Å². The number of rotatable bonds is 2. The van der Waals surface area contributed by atoms with E-state index in [-0.39, 0.29) is 5.75 Å². The van der Waals surface area contributed by atoms with Gasteiger partial charge >= 0.3 is 0 Å². The summed E-state index contributed by atoms with van der Waals surface area (Å²) in [7, 11) is 0. The van der Waals surface area contributed by atoms with Crippen molar-refractivity contribution in [1.29, 1.82) is 0 Å². The smallest absolute Gasteiger partial charge is 0.115 e. The Morgan fingerprint density at radius 2 is 1.56 bits per heavy atom. The first-order valence-electron chi connectivity index (χ1n) is 4.97. The van der Waals surface area contributed by atoms with Gasteiger partial charge in [-0.2, -0.15) is 0 Å². The van der Waals surface area contributed by atoms with E-state index < -0.39 is 0 Å². The molecule has 0 spiro atoms. The maximum absolute atomic E-state index is 9.14. The van der Waals surface area contributed by atoms with Crippen molar-refractivity contribution in [2.75, 3.05) is 0 Å². The second-order valence-electron chi connectivity index (χ2n) is 3.48. The van der Waals surface area contributed by atoms with Gasteiger partial charge in [0.25, 0.3) is 0 Å². The van der Waals surface area contributed by atoms with Crippen LogP contribution in [0.3, 0.4) is 0 Å². The average Bonchev–Trinajstić information content (AvgIpc) is 2.28. The molecule has 0 aliphatic carbocycles. The van der Waals surface area contributed by atoms with Crippen molar-refractivity contribution in [3.8, 4) is 5.75 Å². The largest absolute Gasteiger partial charge is 0.508 e. The van der Waals surface area contributed by atoms with E-state index in [9.17, 15) is 0 Å². The molecule has 2 heteroatoms. The molecule has 1 N–H and O–H groups in total. The van der Waals surface area contributed by atoms with Gasteiger partial charge in [-0.05, 0) is 35.4 Å². The molecule has 0 atom stereocenters. The van der Waals surface area contributed by atoms with Crippen LogP contribution in [-0.2, 0) is 0 Å². The minimum Gasteiger partial charge on any atom is -0.508 e. The van der Waals surface area contributed by atoms with Crippen molar-refractivity contribution in [2.24, 2.45) is 0 Å². The molecule has 0 saturated heterocycles. The Morgan fingerprint density at radius 3 is 2.25 bits per heavy atom. The van der Waals surface area contributed by atoms with Crippen LogP contribution in [0.1, 0.15) is 11.1 Å². The molecule has 0 amide bonds. The SMILES string of the molecule is Oc1ccc(C=Cc2cccc(Cl)c2)cc1. The summed E-state index contributed by atoms with van der Waals surface area (Å²) in [4.78, 5) is 0. The van der Waals surface area contributed by atoms with Crippen LogP contribution in [0.25, 0.3) is 12.2 Å². The minimum absolute atomic E-state index is 0.278. The molecule has 80 valence electrons. The van der Waals surface area contributed by atoms with Crippen molar-refractivity contribution >= 4 is 23.8 Å². The van der Waals surface area contributed by atoms with E-state index >= 15 is 0 Å². The van der Waals surface area contributed by atoms with E-state index in [0.717, 1.165) is 16.1 Å². The summed E-state index contributed by atoms with van der Waals surface area (Å²) in [5, 5.41) is 9.87. The molecule has 0 fully saturated rings. The maximum Gasteiger partial charge on any atom is 0.115 e. The number of phenolic OH excluding ortho intramolecular Hbond substituents is 1. The van der Waals surface area contributed by atoms with E-state index in [1.807, 2.05) is 48.6 Å². The predicted molar refractivity (Wildman–Crippen MR) is 68.5 cm³/mol. The number of aromatic hydroxyl groups is 1.